The number of hydrogen-bond donors (Lipinski definition) is 1. The van der Waals surface area contributed by atoms with E-state index in [4.69, 9.17) is 11.6 Å². The monoisotopic (exact) mass is 407 g/mol. The summed E-state index contributed by atoms with van der Waals surface area (Å²) >= 11 is 6.34. The summed E-state index contributed by atoms with van der Waals surface area (Å²) < 4.78 is 0. The lowest BCUT2D eigenvalue weighted by Gasteiger charge is -2.21. The first-order valence-corrected chi connectivity index (χ1v) is 9.57. The molecule has 2 aromatic heterocycles. The van der Waals surface area contributed by atoms with Crippen LogP contribution in [0.2, 0.25) is 5.02 Å². The summed E-state index contributed by atoms with van der Waals surface area (Å²) in [5.74, 6) is 0.279. The Morgan fingerprint density at radius 3 is 2.48 bits per heavy atom. The summed E-state index contributed by atoms with van der Waals surface area (Å²) in [4.78, 5) is 38.4. The lowest BCUT2D eigenvalue weighted by molar-refractivity contribution is -0.117. The van der Waals surface area contributed by atoms with Gasteiger partial charge in [0, 0.05) is 41.4 Å². The zero-order valence-electron chi connectivity index (χ0n) is 15.7. The molecule has 1 aliphatic carbocycles. The second-order valence-corrected chi connectivity index (χ2v) is 7.14. The van der Waals surface area contributed by atoms with Crippen molar-refractivity contribution in [2.75, 3.05) is 5.01 Å². The molecule has 0 saturated heterocycles. The van der Waals surface area contributed by atoms with Crippen LogP contribution in [0.15, 0.2) is 54.9 Å². The number of rotatable bonds is 4. The van der Waals surface area contributed by atoms with Crippen LogP contribution in [0, 0.1) is 0 Å². The van der Waals surface area contributed by atoms with Gasteiger partial charge in [-0.3, -0.25) is 15.0 Å². The molecule has 0 aliphatic heterocycles. The molecular weight excluding hydrogens is 390 g/mol. The molecule has 1 aliphatic rings. The minimum atomic E-state index is -0.537. The van der Waals surface area contributed by atoms with Crippen molar-refractivity contribution in [2.24, 2.45) is 0 Å². The third kappa shape index (κ3) is 4.09. The Morgan fingerprint density at radius 2 is 1.83 bits per heavy atom. The molecule has 8 heteroatoms. The first kappa shape index (κ1) is 19.0. The summed E-state index contributed by atoms with van der Waals surface area (Å²) in [6.45, 7) is 1.35. The van der Waals surface area contributed by atoms with Gasteiger partial charge in [0.05, 0.1) is 0 Å². The van der Waals surface area contributed by atoms with Crippen molar-refractivity contribution in [3.05, 3.63) is 71.4 Å². The number of halogens is 1. The maximum atomic E-state index is 13.2. The lowest BCUT2D eigenvalue weighted by atomic mass is 10.0. The molecule has 0 atom stereocenters. The fourth-order valence-corrected chi connectivity index (χ4v) is 3.16. The number of anilines is 1. The summed E-state index contributed by atoms with van der Waals surface area (Å²) in [6.07, 6.45) is 5.16. The van der Waals surface area contributed by atoms with E-state index in [0.29, 0.717) is 27.8 Å². The number of pyridine rings is 1. The number of nitrogens with one attached hydrogen (secondary N) is 1. The molecule has 0 unspecified atom stereocenters. The third-order valence-electron chi connectivity index (χ3n) is 4.54. The smallest absolute Gasteiger partial charge is 0.273 e. The Bertz CT molecular complexity index is 1070. The molecule has 7 nitrogen and oxygen atoms in total. The van der Waals surface area contributed by atoms with E-state index < -0.39 is 5.91 Å². The minimum Gasteiger partial charge on any atom is -0.273 e. The average Bonchev–Trinajstić information content (AvgIpc) is 3.58. The van der Waals surface area contributed by atoms with E-state index in [9.17, 15) is 9.59 Å². The first-order valence-electron chi connectivity index (χ1n) is 9.19. The first-order chi connectivity index (χ1) is 14.0. The minimum absolute atomic E-state index is 0.164. The molecule has 0 bridgehead atoms. The summed E-state index contributed by atoms with van der Waals surface area (Å²) in [7, 11) is 0. The zero-order valence-corrected chi connectivity index (χ0v) is 16.4. The molecular formula is C21H18ClN5O2. The Hall–Kier alpha value is -3.32. The number of carbonyl (C=O) groups is 2. The van der Waals surface area contributed by atoms with E-state index in [1.807, 2.05) is 12.1 Å². The molecule has 2 heterocycles. The Labute approximate surface area is 172 Å². The Kier molecular flexibility index (Phi) is 5.22. The van der Waals surface area contributed by atoms with Gasteiger partial charge in [-0.05, 0) is 31.0 Å². The van der Waals surface area contributed by atoms with Crippen molar-refractivity contribution in [3.8, 4) is 11.1 Å². The van der Waals surface area contributed by atoms with Crippen molar-refractivity contribution >= 4 is 29.2 Å². The fourth-order valence-electron chi connectivity index (χ4n) is 2.92. The molecule has 4 rings (SSSR count). The van der Waals surface area contributed by atoms with Crippen LogP contribution in [0.3, 0.4) is 0 Å². The highest BCUT2D eigenvalue weighted by atomic mass is 35.5. The second-order valence-electron chi connectivity index (χ2n) is 6.73. The van der Waals surface area contributed by atoms with E-state index in [1.54, 1.807) is 42.7 Å². The molecule has 29 heavy (non-hydrogen) atoms. The maximum Gasteiger partial charge on any atom is 0.289 e. The number of amides is 2. The van der Waals surface area contributed by atoms with Crippen LogP contribution in [-0.4, -0.2) is 26.8 Å². The van der Waals surface area contributed by atoms with Crippen LogP contribution in [0.5, 0.6) is 0 Å². The van der Waals surface area contributed by atoms with Gasteiger partial charge >= 0.3 is 0 Å². The predicted molar refractivity (Wildman–Crippen MR) is 109 cm³/mol. The SMILES string of the molecule is CC(=O)N(NC(=O)c1nc(C2CC2)ncc1-c1ccccc1Cl)c1ccccn1. The van der Waals surface area contributed by atoms with Crippen LogP contribution in [0.4, 0.5) is 5.82 Å². The molecule has 146 valence electrons. The zero-order chi connectivity index (χ0) is 20.4. The molecule has 1 fully saturated rings. The van der Waals surface area contributed by atoms with E-state index in [1.165, 1.54) is 6.92 Å². The number of carbonyl (C=O) groups excluding carboxylic acids is 2. The lowest BCUT2D eigenvalue weighted by Crippen LogP contribution is -2.46. The highest BCUT2D eigenvalue weighted by Gasteiger charge is 2.29. The van der Waals surface area contributed by atoms with Gasteiger partial charge in [0.15, 0.2) is 5.82 Å². The molecule has 2 amide bonds. The fraction of sp³-hybridized carbons (Fsp3) is 0.190. The quantitative estimate of drug-likeness (QED) is 0.665. The van der Waals surface area contributed by atoms with E-state index in [0.717, 1.165) is 17.9 Å². The summed E-state index contributed by atoms with van der Waals surface area (Å²) in [6, 6.07) is 12.3. The molecule has 1 N–H and O–H groups in total. The summed E-state index contributed by atoms with van der Waals surface area (Å²) in [5, 5.41) is 1.58. The molecule has 0 spiro atoms. The highest BCUT2D eigenvalue weighted by molar-refractivity contribution is 6.33. The van der Waals surface area contributed by atoms with E-state index >= 15 is 0 Å². The topological polar surface area (TPSA) is 88.1 Å². The van der Waals surface area contributed by atoms with Crippen molar-refractivity contribution in [3.63, 3.8) is 0 Å². The van der Waals surface area contributed by atoms with Crippen molar-refractivity contribution in [1.82, 2.24) is 20.4 Å². The molecule has 0 radical (unpaired) electrons. The van der Waals surface area contributed by atoms with Gasteiger partial charge in [-0.2, -0.15) is 0 Å². The van der Waals surface area contributed by atoms with Gasteiger partial charge in [-0.25, -0.2) is 20.0 Å². The number of hydrazine groups is 1. The van der Waals surface area contributed by atoms with Crippen LogP contribution >= 0.6 is 11.6 Å². The highest BCUT2D eigenvalue weighted by Crippen LogP contribution is 2.39. The van der Waals surface area contributed by atoms with Crippen LogP contribution in [0.25, 0.3) is 11.1 Å². The van der Waals surface area contributed by atoms with Gasteiger partial charge in [0.25, 0.3) is 5.91 Å². The largest absolute Gasteiger partial charge is 0.289 e. The average molecular weight is 408 g/mol. The van der Waals surface area contributed by atoms with E-state index in [-0.39, 0.29) is 17.5 Å². The van der Waals surface area contributed by atoms with Crippen molar-refractivity contribution in [1.29, 1.82) is 0 Å². The Morgan fingerprint density at radius 1 is 1.07 bits per heavy atom. The van der Waals surface area contributed by atoms with Gasteiger partial charge in [0.2, 0.25) is 5.91 Å². The van der Waals surface area contributed by atoms with Crippen LogP contribution < -0.4 is 10.4 Å². The number of hydrogen-bond acceptors (Lipinski definition) is 5. The van der Waals surface area contributed by atoms with Gasteiger partial charge in [-0.1, -0.05) is 35.9 Å². The number of nitrogens with zero attached hydrogens (tertiary/aromatic N) is 4. The summed E-state index contributed by atoms with van der Waals surface area (Å²) in [5.41, 5.74) is 3.93. The third-order valence-corrected chi connectivity index (χ3v) is 4.87. The number of benzene rings is 1. The molecule has 1 aromatic carbocycles. The van der Waals surface area contributed by atoms with Crippen LogP contribution in [-0.2, 0) is 4.79 Å². The van der Waals surface area contributed by atoms with E-state index in [2.05, 4.69) is 20.4 Å². The number of aromatic nitrogens is 3. The molecule has 3 aromatic rings. The normalized spacial score (nSPS) is 13.0. The van der Waals surface area contributed by atoms with Crippen molar-refractivity contribution in [2.45, 2.75) is 25.7 Å². The van der Waals surface area contributed by atoms with Gasteiger partial charge in [0.1, 0.15) is 11.5 Å². The van der Waals surface area contributed by atoms with Crippen molar-refractivity contribution < 1.29 is 9.59 Å². The maximum absolute atomic E-state index is 13.2. The molecule has 1 saturated carbocycles. The second kappa shape index (κ2) is 7.97. The van der Waals surface area contributed by atoms with Gasteiger partial charge < -0.3 is 0 Å². The van der Waals surface area contributed by atoms with Crippen LogP contribution in [0.1, 0.15) is 42.0 Å². The predicted octanol–water partition coefficient (Wildman–Crippen LogP) is 3.77. The standard InChI is InChI=1S/C21H18ClN5O2/c1-13(28)27(18-8-4-5-11-23-18)26-21(29)19-16(15-6-2-3-7-17(15)22)12-24-20(25-19)14-9-10-14/h2-8,11-12,14H,9-10H2,1H3,(H,26,29). The van der Waals surface area contributed by atoms with Gasteiger partial charge in [-0.15, -0.1) is 0 Å². The Balaban J connectivity index is 1.74.